The van der Waals surface area contributed by atoms with Crippen LogP contribution in [0, 0.1) is 5.41 Å². The average Bonchev–Trinajstić information content (AvgIpc) is 2.50. The highest BCUT2D eigenvalue weighted by Gasteiger charge is 2.30. The van der Waals surface area contributed by atoms with E-state index in [9.17, 15) is 0 Å². The Balaban J connectivity index is 1.96. The minimum absolute atomic E-state index is 0.476. The van der Waals surface area contributed by atoms with Crippen LogP contribution in [0.4, 0.5) is 5.82 Å². The van der Waals surface area contributed by atoms with Crippen LogP contribution >= 0.6 is 11.6 Å². The van der Waals surface area contributed by atoms with Gasteiger partial charge >= 0.3 is 0 Å². The van der Waals surface area contributed by atoms with Gasteiger partial charge in [-0.1, -0.05) is 25.4 Å². The molecule has 0 spiro atoms. The summed E-state index contributed by atoms with van der Waals surface area (Å²) in [6.07, 6.45) is 5.43. The van der Waals surface area contributed by atoms with Crippen molar-refractivity contribution in [2.75, 3.05) is 5.32 Å². The van der Waals surface area contributed by atoms with Gasteiger partial charge in [0.25, 0.3) is 0 Å². The van der Waals surface area contributed by atoms with Crippen LogP contribution in [-0.4, -0.2) is 11.0 Å². The molecule has 1 fully saturated rings. The number of aromatic nitrogens is 1. The Labute approximate surface area is 96.1 Å². The van der Waals surface area contributed by atoms with E-state index in [4.69, 9.17) is 11.6 Å². The molecule has 0 radical (unpaired) electrons. The first-order valence-electron chi connectivity index (χ1n) is 5.43. The van der Waals surface area contributed by atoms with Gasteiger partial charge in [0.05, 0.1) is 5.02 Å². The number of pyridine rings is 1. The van der Waals surface area contributed by atoms with Crippen LogP contribution in [0.15, 0.2) is 18.3 Å². The normalized spacial score (nSPS) is 24.1. The molecular weight excluding hydrogens is 208 g/mol. The van der Waals surface area contributed by atoms with Crippen LogP contribution in [0.25, 0.3) is 0 Å². The summed E-state index contributed by atoms with van der Waals surface area (Å²) in [7, 11) is 0. The molecule has 15 heavy (non-hydrogen) atoms. The molecule has 1 atom stereocenters. The average molecular weight is 225 g/mol. The maximum absolute atomic E-state index is 5.78. The molecule has 1 aliphatic rings. The molecule has 1 saturated carbocycles. The monoisotopic (exact) mass is 224 g/mol. The number of hydrogen-bond acceptors (Lipinski definition) is 2. The summed E-state index contributed by atoms with van der Waals surface area (Å²) in [6.45, 7) is 4.65. The third kappa shape index (κ3) is 2.85. The molecule has 1 aliphatic carbocycles. The predicted octanol–water partition coefficient (Wildman–Crippen LogP) is 3.73. The fourth-order valence-electron chi connectivity index (χ4n) is 2.23. The molecule has 1 unspecified atom stereocenters. The van der Waals surface area contributed by atoms with Crippen LogP contribution in [0.2, 0.25) is 5.02 Å². The van der Waals surface area contributed by atoms with Gasteiger partial charge in [-0.2, -0.15) is 0 Å². The van der Waals surface area contributed by atoms with Gasteiger partial charge in [-0.05, 0) is 36.8 Å². The summed E-state index contributed by atoms with van der Waals surface area (Å²) < 4.78 is 0. The highest BCUT2D eigenvalue weighted by atomic mass is 35.5. The van der Waals surface area contributed by atoms with E-state index in [1.165, 1.54) is 19.3 Å². The fourth-order valence-corrected chi connectivity index (χ4v) is 2.34. The van der Waals surface area contributed by atoms with Crippen molar-refractivity contribution in [2.24, 2.45) is 5.41 Å². The minimum Gasteiger partial charge on any atom is -0.367 e. The Morgan fingerprint density at radius 2 is 2.27 bits per heavy atom. The van der Waals surface area contributed by atoms with Crippen molar-refractivity contribution in [1.29, 1.82) is 0 Å². The largest absolute Gasteiger partial charge is 0.367 e. The quantitative estimate of drug-likeness (QED) is 0.828. The van der Waals surface area contributed by atoms with E-state index in [1.807, 2.05) is 12.1 Å². The Kier molecular flexibility index (Phi) is 2.87. The van der Waals surface area contributed by atoms with Gasteiger partial charge in [0, 0.05) is 12.2 Å². The zero-order valence-corrected chi connectivity index (χ0v) is 10.0. The second-order valence-electron chi connectivity index (χ2n) is 5.11. The first-order valence-corrected chi connectivity index (χ1v) is 5.81. The lowest BCUT2D eigenvalue weighted by Gasteiger charge is -2.18. The lowest BCUT2D eigenvalue weighted by Crippen LogP contribution is -2.18. The van der Waals surface area contributed by atoms with E-state index >= 15 is 0 Å². The van der Waals surface area contributed by atoms with E-state index in [0.717, 1.165) is 5.82 Å². The van der Waals surface area contributed by atoms with Crippen LogP contribution in [0.5, 0.6) is 0 Å². The van der Waals surface area contributed by atoms with E-state index in [-0.39, 0.29) is 0 Å². The summed E-state index contributed by atoms with van der Waals surface area (Å²) in [5.74, 6) is 0.933. The summed E-state index contributed by atoms with van der Waals surface area (Å²) in [6, 6.07) is 4.37. The van der Waals surface area contributed by atoms with Crippen molar-refractivity contribution in [1.82, 2.24) is 4.98 Å². The van der Waals surface area contributed by atoms with Gasteiger partial charge in [-0.15, -0.1) is 0 Å². The molecule has 0 aliphatic heterocycles. The van der Waals surface area contributed by atoms with Gasteiger partial charge in [0.1, 0.15) is 5.82 Å². The first kappa shape index (κ1) is 10.7. The molecule has 0 bridgehead atoms. The smallest absolute Gasteiger partial charge is 0.126 e. The summed E-state index contributed by atoms with van der Waals surface area (Å²) in [5.41, 5.74) is 0.476. The van der Waals surface area contributed by atoms with Crippen molar-refractivity contribution < 1.29 is 0 Å². The summed E-state index contributed by atoms with van der Waals surface area (Å²) in [5, 5.41) is 4.14. The second kappa shape index (κ2) is 4.01. The van der Waals surface area contributed by atoms with Gasteiger partial charge in [0.15, 0.2) is 0 Å². The molecule has 82 valence electrons. The predicted molar refractivity (Wildman–Crippen MR) is 64.3 cm³/mol. The van der Waals surface area contributed by atoms with E-state index < -0.39 is 0 Å². The number of hydrogen-bond donors (Lipinski definition) is 1. The van der Waals surface area contributed by atoms with Crippen molar-refractivity contribution in [3.8, 4) is 0 Å². The Hall–Kier alpha value is -0.760. The lowest BCUT2D eigenvalue weighted by atomic mass is 9.92. The Morgan fingerprint density at radius 1 is 1.47 bits per heavy atom. The summed E-state index contributed by atoms with van der Waals surface area (Å²) in [4.78, 5) is 4.25. The topological polar surface area (TPSA) is 24.9 Å². The van der Waals surface area contributed by atoms with Crippen molar-refractivity contribution in [3.05, 3.63) is 23.4 Å². The van der Waals surface area contributed by atoms with Gasteiger partial charge < -0.3 is 5.32 Å². The standard InChI is InChI=1S/C12H17ClN2/c1-12(2)6-5-10(7-12)15-11-4-3-9(13)8-14-11/h3-4,8,10H,5-7H2,1-2H3,(H,14,15). The fraction of sp³-hybridized carbons (Fsp3) is 0.583. The molecule has 1 aromatic heterocycles. The van der Waals surface area contributed by atoms with Crippen LogP contribution < -0.4 is 5.32 Å². The number of anilines is 1. The molecule has 1 heterocycles. The van der Waals surface area contributed by atoms with Gasteiger partial charge in [-0.25, -0.2) is 4.98 Å². The number of nitrogens with zero attached hydrogens (tertiary/aromatic N) is 1. The minimum atomic E-state index is 0.476. The Morgan fingerprint density at radius 3 is 2.80 bits per heavy atom. The molecule has 0 amide bonds. The number of nitrogens with one attached hydrogen (secondary N) is 1. The van der Waals surface area contributed by atoms with Crippen molar-refractivity contribution >= 4 is 17.4 Å². The Bertz CT molecular complexity index is 332. The highest BCUT2D eigenvalue weighted by Crippen LogP contribution is 2.38. The molecule has 3 heteroatoms. The third-order valence-electron chi connectivity index (χ3n) is 3.05. The van der Waals surface area contributed by atoms with Crippen LogP contribution in [0.3, 0.4) is 0 Å². The van der Waals surface area contributed by atoms with E-state index in [2.05, 4.69) is 24.1 Å². The molecule has 1 N–H and O–H groups in total. The van der Waals surface area contributed by atoms with Crippen LogP contribution in [0.1, 0.15) is 33.1 Å². The SMILES string of the molecule is CC1(C)CCC(Nc2ccc(Cl)cn2)C1. The molecule has 2 rings (SSSR count). The van der Waals surface area contributed by atoms with Crippen molar-refractivity contribution in [2.45, 2.75) is 39.2 Å². The third-order valence-corrected chi connectivity index (χ3v) is 3.27. The van der Waals surface area contributed by atoms with Crippen molar-refractivity contribution in [3.63, 3.8) is 0 Å². The zero-order chi connectivity index (χ0) is 10.9. The van der Waals surface area contributed by atoms with Gasteiger partial charge in [-0.3, -0.25) is 0 Å². The molecule has 0 aromatic carbocycles. The van der Waals surface area contributed by atoms with Crippen LogP contribution in [-0.2, 0) is 0 Å². The molecule has 2 nitrogen and oxygen atoms in total. The maximum atomic E-state index is 5.78. The van der Waals surface area contributed by atoms with E-state index in [0.29, 0.717) is 16.5 Å². The highest BCUT2D eigenvalue weighted by molar-refractivity contribution is 6.30. The molecule has 1 aromatic rings. The van der Waals surface area contributed by atoms with Gasteiger partial charge in [0.2, 0.25) is 0 Å². The molecular formula is C12H17ClN2. The second-order valence-corrected chi connectivity index (χ2v) is 5.55. The molecule has 0 saturated heterocycles. The van der Waals surface area contributed by atoms with E-state index in [1.54, 1.807) is 6.20 Å². The zero-order valence-electron chi connectivity index (χ0n) is 9.26. The maximum Gasteiger partial charge on any atom is 0.126 e. The summed E-state index contributed by atoms with van der Waals surface area (Å²) >= 11 is 5.78. The number of halogens is 1. The first-order chi connectivity index (χ1) is 7.05. The number of rotatable bonds is 2. The lowest BCUT2D eigenvalue weighted by molar-refractivity contribution is 0.378.